The molecule has 0 amide bonds. The Kier molecular flexibility index (Phi) is 1.88. The third-order valence-electron chi connectivity index (χ3n) is 1.61. The molecule has 2 aromatic heterocycles. The highest BCUT2D eigenvalue weighted by molar-refractivity contribution is 6.29. The van der Waals surface area contributed by atoms with Gasteiger partial charge in [-0.15, -0.1) is 0 Å². The molecular weight excluding hydrogens is 219 g/mol. The van der Waals surface area contributed by atoms with Crippen molar-refractivity contribution in [2.45, 2.75) is 6.18 Å². The second-order valence-electron chi connectivity index (χ2n) is 2.56. The molecule has 14 heavy (non-hydrogen) atoms. The number of hydrogen-bond acceptors (Lipinski definition) is 2. The lowest BCUT2D eigenvalue weighted by molar-refractivity contribution is -0.140. The molecule has 0 saturated heterocycles. The van der Waals surface area contributed by atoms with Gasteiger partial charge in [0.2, 0.25) is 5.78 Å². The van der Waals surface area contributed by atoms with Gasteiger partial charge in [-0.05, 0) is 6.07 Å². The summed E-state index contributed by atoms with van der Waals surface area (Å²) in [5.41, 5.74) is -1.00. The van der Waals surface area contributed by atoms with E-state index in [1.165, 1.54) is 12.3 Å². The molecule has 0 aliphatic rings. The van der Waals surface area contributed by atoms with Crippen LogP contribution in [0.1, 0.15) is 5.69 Å². The van der Waals surface area contributed by atoms with Crippen LogP contribution in [0.3, 0.4) is 0 Å². The van der Waals surface area contributed by atoms with Crippen LogP contribution in [0, 0.1) is 0 Å². The molecule has 0 unspecified atom stereocenters. The van der Waals surface area contributed by atoms with Crippen molar-refractivity contribution in [3.63, 3.8) is 0 Å². The normalized spacial score (nSPS) is 12.3. The molecule has 0 atom stereocenters. The molecule has 3 nitrogen and oxygen atoms in total. The molecule has 2 aromatic rings. The quantitative estimate of drug-likeness (QED) is 0.640. The highest BCUT2D eigenvalue weighted by Gasteiger charge is 2.34. The molecule has 0 bridgehead atoms. The molecule has 0 N–H and O–H groups in total. The fourth-order valence-electron chi connectivity index (χ4n) is 1.00. The zero-order valence-corrected chi connectivity index (χ0v) is 7.34. The average molecular weight is 222 g/mol. The van der Waals surface area contributed by atoms with Crippen LogP contribution in [0.25, 0.3) is 5.78 Å². The third-order valence-corrected chi connectivity index (χ3v) is 1.92. The van der Waals surface area contributed by atoms with E-state index in [1.807, 2.05) is 0 Å². The second kappa shape index (κ2) is 2.84. The number of hydrogen-bond donors (Lipinski definition) is 0. The number of alkyl halides is 3. The molecule has 7 heteroatoms. The van der Waals surface area contributed by atoms with Crippen LogP contribution >= 0.6 is 11.6 Å². The van der Waals surface area contributed by atoms with Crippen molar-refractivity contribution in [2.24, 2.45) is 0 Å². The maximum atomic E-state index is 12.2. The zero-order valence-electron chi connectivity index (χ0n) is 6.59. The van der Waals surface area contributed by atoms with Crippen molar-refractivity contribution in [3.05, 3.63) is 29.3 Å². The van der Waals surface area contributed by atoms with E-state index in [-0.39, 0.29) is 10.9 Å². The first-order chi connectivity index (χ1) is 6.48. The fraction of sp³-hybridized carbons (Fsp3) is 0.143. The van der Waals surface area contributed by atoms with Crippen molar-refractivity contribution in [3.8, 4) is 0 Å². The van der Waals surface area contributed by atoms with Crippen LogP contribution in [-0.4, -0.2) is 14.4 Å². The Labute approximate surface area is 81.2 Å². The van der Waals surface area contributed by atoms with Crippen LogP contribution < -0.4 is 0 Å². The Bertz CT molecular complexity index is 476. The SMILES string of the molecule is FC(F)(F)c1cn2c(Cl)ccnc2n1. The van der Waals surface area contributed by atoms with E-state index in [1.54, 1.807) is 0 Å². The standard InChI is InChI=1S/C7H3ClF3N3/c8-5-1-2-12-6-13-4(3-14(5)6)7(9,10)11/h1-3H. The minimum atomic E-state index is -4.48. The van der Waals surface area contributed by atoms with Crippen molar-refractivity contribution < 1.29 is 13.2 Å². The maximum Gasteiger partial charge on any atom is 0.434 e. The van der Waals surface area contributed by atoms with E-state index in [0.29, 0.717) is 0 Å². The molecule has 0 aliphatic carbocycles. The number of imidazole rings is 1. The summed E-state index contributed by atoms with van der Waals surface area (Å²) < 4.78 is 37.7. The van der Waals surface area contributed by atoms with Crippen LogP contribution in [0.2, 0.25) is 5.15 Å². The van der Waals surface area contributed by atoms with Gasteiger partial charge in [0.1, 0.15) is 5.15 Å². The second-order valence-corrected chi connectivity index (χ2v) is 2.95. The molecule has 0 saturated carbocycles. The van der Waals surface area contributed by atoms with Crippen LogP contribution in [0.15, 0.2) is 18.5 Å². The fourth-order valence-corrected chi connectivity index (χ4v) is 1.18. The van der Waals surface area contributed by atoms with Gasteiger partial charge in [-0.1, -0.05) is 11.6 Å². The first-order valence-electron chi connectivity index (χ1n) is 3.55. The lowest BCUT2D eigenvalue weighted by Gasteiger charge is -1.98. The number of aromatic nitrogens is 3. The van der Waals surface area contributed by atoms with Crippen molar-refractivity contribution in [1.29, 1.82) is 0 Å². The van der Waals surface area contributed by atoms with Gasteiger partial charge < -0.3 is 0 Å². The van der Waals surface area contributed by atoms with Crippen LogP contribution in [0.4, 0.5) is 13.2 Å². The number of fused-ring (bicyclic) bond motifs is 1. The molecule has 0 spiro atoms. The lowest BCUT2D eigenvalue weighted by atomic mass is 10.5. The number of rotatable bonds is 0. The summed E-state index contributed by atoms with van der Waals surface area (Å²) in [4.78, 5) is 6.93. The summed E-state index contributed by atoms with van der Waals surface area (Å²) in [6.45, 7) is 0. The van der Waals surface area contributed by atoms with Crippen LogP contribution in [0.5, 0.6) is 0 Å². The number of halogens is 4. The number of nitrogens with zero attached hydrogens (tertiary/aromatic N) is 3. The predicted octanol–water partition coefficient (Wildman–Crippen LogP) is 2.40. The highest BCUT2D eigenvalue weighted by Crippen LogP contribution is 2.28. The minimum Gasteiger partial charge on any atom is -0.273 e. The predicted molar refractivity (Wildman–Crippen MR) is 43.0 cm³/mol. The van der Waals surface area contributed by atoms with Gasteiger partial charge in [0.05, 0.1) is 0 Å². The summed E-state index contributed by atoms with van der Waals surface area (Å²) in [7, 11) is 0. The Balaban J connectivity index is 2.69. The first kappa shape index (κ1) is 9.26. The highest BCUT2D eigenvalue weighted by atomic mass is 35.5. The largest absolute Gasteiger partial charge is 0.434 e. The first-order valence-corrected chi connectivity index (χ1v) is 3.93. The van der Waals surface area contributed by atoms with E-state index >= 15 is 0 Å². The zero-order chi connectivity index (χ0) is 10.3. The third kappa shape index (κ3) is 1.41. The molecule has 74 valence electrons. The van der Waals surface area contributed by atoms with Crippen LogP contribution in [-0.2, 0) is 6.18 Å². The van der Waals surface area contributed by atoms with Gasteiger partial charge in [0.25, 0.3) is 0 Å². The van der Waals surface area contributed by atoms with Gasteiger partial charge in [0, 0.05) is 12.4 Å². The molecular formula is C7H3ClF3N3. The summed E-state index contributed by atoms with van der Waals surface area (Å²) in [6.07, 6.45) is -2.37. The van der Waals surface area contributed by atoms with Gasteiger partial charge in [0.15, 0.2) is 5.69 Å². The summed E-state index contributed by atoms with van der Waals surface area (Å²) in [6, 6.07) is 1.39. The van der Waals surface area contributed by atoms with E-state index in [4.69, 9.17) is 11.6 Å². The van der Waals surface area contributed by atoms with Crippen molar-refractivity contribution >= 4 is 17.4 Å². The van der Waals surface area contributed by atoms with Gasteiger partial charge in [-0.3, -0.25) is 4.40 Å². The summed E-state index contributed by atoms with van der Waals surface area (Å²) >= 11 is 5.64. The van der Waals surface area contributed by atoms with Gasteiger partial charge in [-0.2, -0.15) is 13.2 Å². The maximum absolute atomic E-state index is 12.2. The molecule has 0 radical (unpaired) electrons. The van der Waals surface area contributed by atoms with Gasteiger partial charge >= 0.3 is 6.18 Å². The van der Waals surface area contributed by atoms with Gasteiger partial charge in [-0.25, -0.2) is 9.97 Å². The van der Waals surface area contributed by atoms with E-state index in [9.17, 15) is 13.2 Å². The Morgan fingerprint density at radius 3 is 2.64 bits per heavy atom. The van der Waals surface area contributed by atoms with E-state index in [2.05, 4.69) is 9.97 Å². The molecule has 2 rings (SSSR count). The summed E-state index contributed by atoms with van der Waals surface area (Å²) in [5, 5.41) is 0.137. The smallest absolute Gasteiger partial charge is 0.273 e. The molecule has 0 aromatic carbocycles. The van der Waals surface area contributed by atoms with Crippen molar-refractivity contribution in [2.75, 3.05) is 0 Å². The molecule has 0 fully saturated rings. The van der Waals surface area contributed by atoms with E-state index in [0.717, 1.165) is 10.6 Å². The average Bonchev–Trinajstić information content (AvgIpc) is 2.48. The van der Waals surface area contributed by atoms with Crippen molar-refractivity contribution in [1.82, 2.24) is 14.4 Å². The molecule has 0 aliphatic heterocycles. The Morgan fingerprint density at radius 2 is 2.07 bits per heavy atom. The minimum absolute atomic E-state index is 0.0650. The Hall–Kier alpha value is -1.30. The Morgan fingerprint density at radius 1 is 1.36 bits per heavy atom. The summed E-state index contributed by atoms with van der Waals surface area (Å²) in [5.74, 6) is -0.0650. The molecule has 2 heterocycles. The monoisotopic (exact) mass is 221 g/mol. The van der Waals surface area contributed by atoms with E-state index < -0.39 is 11.9 Å². The topological polar surface area (TPSA) is 30.2 Å². The lowest BCUT2D eigenvalue weighted by Crippen LogP contribution is -2.04.